The van der Waals surface area contributed by atoms with Gasteiger partial charge in [-0.25, -0.2) is 0 Å². The molecule has 1 aromatic carbocycles. The Hall–Kier alpha value is -1.70. The lowest BCUT2D eigenvalue weighted by molar-refractivity contribution is -0.137. The zero-order valence-electron chi connectivity index (χ0n) is 10.1. The van der Waals surface area contributed by atoms with E-state index in [1.165, 1.54) is 6.07 Å². The standard InChI is InChI=1S/C13H15F3N2/c1-10-5-6-11(13(14,15)16)9-12(10)18-8-4-2-3-7-17/h5-6,9,18H,2-4,8H2,1H3. The first kappa shape index (κ1) is 14.4. The van der Waals surface area contributed by atoms with Crippen molar-refractivity contribution in [2.75, 3.05) is 11.9 Å². The van der Waals surface area contributed by atoms with Gasteiger partial charge >= 0.3 is 6.18 Å². The maximum atomic E-state index is 12.5. The number of rotatable bonds is 5. The molecule has 0 fully saturated rings. The van der Waals surface area contributed by atoms with Crippen LogP contribution in [0.25, 0.3) is 0 Å². The summed E-state index contributed by atoms with van der Waals surface area (Å²) in [6.07, 6.45) is -2.32. The van der Waals surface area contributed by atoms with Crippen LogP contribution in [-0.2, 0) is 6.18 Å². The van der Waals surface area contributed by atoms with Crippen molar-refractivity contribution in [3.63, 3.8) is 0 Å². The van der Waals surface area contributed by atoms with Gasteiger partial charge in [-0.2, -0.15) is 18.4 Å². The molecule has 0 amide bonds. The zero-order valence-corrected chi connectivity index (χ0v) is 10.1. The smallest absolute Gasteiger partial charge is 0.385 e. The fraction of sp³-hybridized carbons (Fsp3) is 0.462. The highest BCUT2D eigenvalue weighted by atomic mass is 19.4. The van der Waals surface area contributed by atoms with Gasteiger partial charge in [-0.05, 0) is 37.5 Å². The lowest BCUT2D eigenvalue weighted by Crippen LogP contribution is -2.08. The SMILES string of the molecule is Cc1ccc(C(F)(F)F)cc1NCCCCC#N. The molecule has 0 saturated carbocycles. The van der Waals surface area contributed by atoms with E-state index in [-0.39, 0.29) is 0 Å². The summed E-state index contributed by atoms with van der Waals surface area (Å²) in [5.74, 6) is 0. The van der Waals surface area contributed by atoms with Gasteiger partial charge in [-0.3, -0.25) is 0 Å². The molecule has 0 aromatic heterocycles. The summed E-state index contributed by atoms with van der Waals surface area (Å²) in [6, 6.07) is 5.69. The second kappa shape index (κ2) is 6.29. The predicted octanol–water partition coefficient (Wildman–Crippen LogP) is 4.12. The highest BCUT2D eigenvalue weighted by Gasteiger charge is 2.30. The summed E-state index contributed by atoms with van der Waals surface area (Å²) >= 11 is 0. The van der Waals surface area contributed by atoms with Crippen molar-refractivity contribution in [1.82, 2.24) is 0 Å². The van der Waals surface area contributed by atoms with Gasteiger partial charge in [0.1, 0.15) is 0 Å². The molecule has 0 atom stereocenters. The largest absolute Gasteiger partial charge is 0.416 e. The quantitative estimate of drug-likeness (QED) is 0.804. The maximum Gasteiger partial charge on any atom is 0.416 e. The molecule has 1 N–H and O–H groups in total. The van der Waals surface area contributed by atoms with E-state index in [0.717, 1.165) is 30.5 Å². The topological polar surface area (TPSA) is 35.8 Å². The van der Waals surface area contributed by atoms with Gasteiger partial charge in [0.2, 0.25) is 0 Å². The molecule has 1 aromatic rings. The van der Waals surface area contributed by atoms with Gasteiger partial charge in [0.05, 0.1) is 11.6 Å². The van der Waals surface area contributed by atoms with Crippen LogP contribution >= 0.6 is 0 Å². The number of halogens is 3. The van der Waals surface area contributed by atoms with Crippen molar-refractivity contribution in [3.8, 4) is 6.07 Å². The van der Waals surface area contributed by atoms with Crippen LogP contribution < -0.4 is 5.32 Å². The normalized spacial score (nSPS) is 11.1. The Morgan fingerprint density at radius 2 is 2.00 bits per heavy atom. The Labute approximate surface area is 104 Å². The Morgan fingerprint density at radius 3 is 2.61 bits per heavy atom. The summed E-state index contributed by atoms with van der Waals surface area (Å²) in [4.78, 5) is 0. The summed E-state index contributed by atoms with van der Waals surface area (Å²) in [7, 11) is 0. The van der Waals surface area contributed by atoms with Crippen LogP contribution in [0.5, 0.6) is 0 Å². The zero-order chi connectivity index (χ0) is 13.6. The van der Waals surface area contributed by atoms with Gasteiger partial charge in [0.25, 0.3) is 0 Å². The minimum atomic E-state index is -4.31. The minimum Gasteiger partial charge on any atom is -0.385 e. The Kier molecular flexibility index (Phi) is 5.02. The maximum absolute atomic E-state index is 12.5. The monoisotopic (exact) mass is 256 g/mol. The van der Waals surface area contributed by atoms with Crippen molar-refractivity contribution in [3.05, 3.63) is 29.3 Å². The van der Waals surface area contributed by atoms with Crippen molar-refractivity contribution < 1.29 is 13.2 Å². The first-order valence-electron chi connectivity index (χ1n) is 5.74. The number of nitrogens with one attached hydrogen (secondary N) is 1. The third-order valence-corrected chi connectivity index (χ3v) is 2.60. The Bertz CT molecular complexity index is 433. The molecule has 0 bridgehead atoms. The molecule has 0 saturated heterocycles. The molecule has 0 heterocycles. The molecule has 18 heavy (non-hydrogen) atoms. The fourth-order valence-corrected chi connectivity index (χ4v) is 1.54. The van der Waals surface area contributed by atoms with Crippen molar-refractivity contribution in [1.29, 1.82) is 5.26 Å². The highest BCUT2D eigenvalue weighted by Crippen LogP contribution is 2.31. The van der Waals surface area contributed by atoms with Gasteiger partial charge < -0.3 is 5.32 Å². The average Bonchev–Trinajstić information content (AvgIpc) is 2.29. The molecule has 0 unspecified atom stereocenters. The van der Waals surface area contributed by atoms with Crippen LogP contribution in [0.1, 0.15) is 30.4 Å². The molecule has 0 aliphatic carbocycles. The summed E-state index contributed by atoms with van der Waals surface area (Å²) in [6.45, 7) is 2.33. The van der Waals surface area contributed by atoms with Gasteiger partial charge in [-0.1, -0.05) is 6.07 Å². The molecule has 0 aliphatic heterocycles. The second-order valence-corrected chi connectivity index (χ2v) is 4.07. The molecular weight excluding hydrogens is 241 g/mol. The Balaban J connectivity index is 2.62. The first-order valence-corrected chi connectivity index (χ1v) is 5.74. The summed E-state index contributed by atoms with van der Waals surface area (Å²) in [5.41, 5.74) is 0.637. The van der Waals surface area contributed by atoms with Crippen molar-refractivity contribution in [2.45, 2.75) is 32.4 Å². The van der Waals surface area contributed by atoms with E-state index in [9.17, 15) is 13.2 Å². The first-order chi connectivity index (χ1) is 8.45. The van der Waals surface area contributed by atoms with E-state index in [4.69, 9.17) is 5.26 Å². The number of aryl methyl sites for hydroxylation is 1. The third-order valence-electron chi connectivity index (χ3n) is 2.60. The van der Waals surface area contributed by atoms with Crippen LogP contribution in [0.2, 0.25) is 0 Å². The molecule has 0 radical (unpaired) electrons. The van der Waals surface area contributed by atoms with E-state index in [0.29, 0.717) is 18.7 Å². The number of anilines is 1. The highest BCUT2D eigenvalue weighted by molar-refractivity contribution is 5.53. The number of nitrogens with zero attached hydrogens (tertiary/aromatic N) is 1. The number of hydrogen-bond acceptors (Lipinski definition) is 2. The molecule has 98 valence electrons. The molecule has 5 heteroatoms. The number of hydrogen-bond donors (Lipinski definition) is 1. The molecular formula is C13H15F3N2. The lowest BCUT2D eigenvalue weighted by Gasteiger charge is -2.13. The van der Waals surface area contributed by atoms with E-state index in [1.807, 2.05) is 6.07 Å². The van der Waals surface area contributed by atoms with E-state index in [1.54, 1.807) is 6.92 Å². The van der Waals surface area contributed by atoms with Crippen molar-refractivity contribution >= 4 is 5.69 Å². The number of nitriles is 1. The van der Waals surface area contributed by atoms with Crippen LogP contribution in [0.4, 0.5) is 18.9 Å². The van der Waals surface area contributed by atoms with E-state index < -0.39 is 11.7 Å². The molecule has 0 spiro atoms. The van der Waals surface area contributed by atoms with E-state index in [2.05, 4.69) is 5.32 Å². The lowest BCUT2D eigenvalue weighted by atomic mass is 10.1. The molecule has 2 nitrogen and oxygen atoms in total. The predicted molar refractivity (Wildman–Crippen MR) is 64.1 cm³/mol. The fourth-order valence-electron chi connectivity index (χ4n) is 1.54. The second-order valence-electron chi connectivity index (χ2n) is 4.07. The summed E-state index contributed by atoms with van der Waals surface area (Å²) < 4.78 is 37.6. The minimum absolute atomic E-state index is 0.475. The van der Waals surface area contributed by atoms with Crippen LogP contribution in [0.3, 0.4) is 0 Å². The van der Waals surface area contributed by atoms with Gasteiger partial charge in [0, 0.05) is 18.7 Å². The third kappa shape index (κ3) is 4.28. The molecule has 1 rings (SSSR count). The van der Waals surface area contributed by atoms with Gasteiger partial charge in [0.15, 0.2) is 0 Å². The summed E-state index contributed by atoms with van der Waals surface area (Å²) in [5, 5.41) is 11.3. The van der Waals surface area contributed by atoms with Gasteiger partial charge in [-0.15, -0.1) is 0 Å². The van der Waals surface area contributed by atoms with E-state index >= 15 is 0 Å². The van der Waals surface area contributed by atoms with Crippen LogP contribution in [0, 0.1) is 18.3 Å². The Morgan fingerprint density at radius 1 is 1.28 bits per heavy atom. The van der Waals surface area contributed by atoms with Crippen molar-refractivity contribution in [2.24, 2.45) is 0 Å². The van der Waals surface area contributed by atoms with Crippen LogP contribution in [0.15, 0.2) is 18.2 Å². The van der Waals surface area contributed by atoms with Crippen LogP contribution in [-0.4, -0.2) is 6.54 Å². The molecule has 0 aliphatic rings. The number of benzene rings is 1. The number of alkyl halides is 3. The number of unbranched alkanes of at least 4 members (excludes halogenated alkanes) is 2. The average molecular weight is 256 g/mol.